The lowest BCUT2D eigenvalue weighted by molar-refractivity contribution is -0.142. The minimum atomic E-state index is -1.54. The molecule has 2 heterocycles. The highest BCUT2D eigenvalue weighted by atomic mass is 16.4. The van der Waals surface area contributed by atoms with E-state index in [-0.39, 0.29) is 34.9 Å². The lowest BCUT2D eigenvalue weighted by Crippen LogP contribution is -2.34. The quantitative estimate of drug-likeness (QED) is 0.280. The van der Waals surface area contributed by atoms with Crippen LogP contribution in [0.25, 0.3) is 11.4 Å². The number of carboxylic acids is 4. The Morgan fingerprint density at radius 3 is 1.82 bits per heavy atom. The van der Waals surface area contributed by atoms with Gasteiger partial charge >= 0.3 is 30.0 Å². The van der Waals surface area contributed by atoms with Crippen molar-refractivity contribution in [1.29, 1.82) is 0 Å². The van der Waals surface area contributed by atoms with E-state index in [1.165, 1.54) is 24.3 Å². The highest BCUT2D eigenvalue weighted by molar-refractivity contribution is 5.89. The zero-order chi connectivity index (χ0) is 25.4. The normalized spacial score (nSPS) is 10.6. The molecule has 0 aliphatic heterocycles. The Morgan fingerprint density at radius 1 is 0.706 bits per heavy atom. The van der Waals surface area contributed by atoms with Gasteiger partial charge in [-0.2, -0.15) is 0 Å². The maximum absolute atomic E-state index is 11.6. The number of hydrogen-bond donors (Lipinski definition) is 5. The van der Waals surface area contributed by atoms with Gasteiger partial charge in [-0.1, -0.05) is 6.07 Å². The van der Waals surface area contributed by atoms with Crippen LogP contribution < -0.4 is 0 Å². The Bertz CT molecular complexity index is 1100. The van der Waals surface area contributed by atoms with E-state index in [0.717, 1.165) is 11.0 Å². The first kappa shape index (κ1) is 25.7. The van der Waals surface area contributed by atoms with Gasteiger partial charge in [0.1, 0.15) is 6.54 Å². The Morgan fingerprint density at radius 2 is 1.29 bits per heavy atom. The minimum absolute atomic E-state index is 0.0378. The number of amides is 1. The fourth-order valence-corrected chi connectivity index (χ4v) is 2.96. The minimum Gasteiger partial charge on any atom is -0.480 e. The lowest BCUT2D eigenvalue weighted by atomic mass is 10.1. The summed E-state index contributed by atoms with van der Waals surface area (Å²) in [5.74, 6) is -5.21. The number of aromatic carboxylic acids is 1. The van der Waals surface area contributed by atoms with Crippen LogP contribution in [0.5, 0.6) is 0 Å². The molecule has 0 bridgehead atoms. The molecule has 0 aliphatic rings. The van der Waals surface area contributed by atoms with Gasteiger partial charge in [0.15, 0.2) is 0 Å². The smallest absolute Gasteiger partial charge is 0.408 e. The fourth-order valence-electron chi connectivity index (χ4n) is 2.96. The summed E-state index contributed by atoms with van der Waals surface area (Å²) in [6, 6.07) is 6.81. The predicted molar refractivity (Wildman–Crippen MR) is 111 cm³/mol. The van der Waals surface area contributed by atoms with E-state index < -0.39 is 56.1 Å². The van der Waals surface area contributed by atoms with Crippen LogP contribution in [-0.2, 0) is 27.5 Å². The molecular formula is C20H20N4O10. The van der Waals surface area contributed by atoms with E-state index in [1.807, 2.05) is 0 Å². The maximum Gasteiger partial charge on any atom is 0.408 e. The summed E-state index contributed by atoms with van der Waals surface area (Å²) in [4.78, 5) is 66.0. The zero-order valence-corrected chi connectivity index (χ0v) is 17.5. The summed E-state index contributed by atoms with van der Waals surface area (Å²) in [6.45, 7) is -2.59. The van der Waals surface area contributed by atoms with Crippen LogP contribution in [0.2, 0.25) is 0 Å². The van der Waals surface area contributed by atoms with Crippen molar-refractivity contribution in [2.45, 2.75) is 13.1 Å². The molecule has 0 fully saturated rings. The SMILES string of the molecule is O=C(O)CN(CC(=O)O)Cc1cccc(-c2cc(C(=O)O)cc(CN(CC(=O)O)C(=O)O)n2)n1. The van der Waals surface area contributed by atoms with E-state index in [1.54, 1.807) is 0 Å². The summed E-state index contributed by atoms with van der Waals surface area (Å²) >= 11 is 0. The van der Waals surface area contributed by atoms with Crippen molar-refractivity contribution in [3.05, 3.63) is 47.3 Å². The zero-order valence-electron chi connectivity index (χ0n) is 17.5. The van der Waals surface area contributed by atoms with Crippen molar-refractivity contribution in [3.8, 4) is 11.4 Å². The number of aromatic nitrogens is 2. The van der Waals surface area contributed by atoms with Gasteiger partial charge in [0, 0.05) is 6.54 Å². The summed E-state index contributed by atoms with van der Waals surface area (Å²) in [5, 5.41) is 45.5. The first-order valence-corrected chi connectivity index (χ1v) is 9.50. The van der Waals surface area contributed by atoms with E-state index in [2.05, 4.69) is 9.97 Å². The molecule has 34 heavy (non-hydrogen) atoms. The van der Waals surface area contributed by atoms with Crippen LogP contribution in [-0.4, -0.2) is 94.9 Å². The number of carbonyl (C=O) groups is 5. The third kappa shape index (κ3) is 7.83. The number of rotatable bonds is 12. The van der Waals surface area contributed by atoms with Gasteiger partial charge in [0.2, 0.25) is 0 Å². The van der Waals surface area contributed by atoms with Crippen molar-refractivity contribution >= 4 is 30.0 Å². The average Bonchev–Trinajstić information content (AvgIpc) is 2.71. The number of pyridine rings is 2. The summed E-state index contributed by atoms with van der Waals surface area (Å²) in [6.07, 6.45) is -1.54. The molecule has 14 heteroatoms. The number of nitrogens with zero attached hydrogens (tertiary/aromatic N) is 4. The average molecular weight is 476 g/mol. The Balaban J connectivity index is 2.41. The molecule has 2 rings (SSSR count). The van der Waals surface area contributed by atoms with E-state index in [0.29, 0.717) is 4.90 Å². The Kier molecular flexibility index (Phi) is 8.55. The Hall–Kier alpha value is -4.59. The second kappa shape index (κ2) is 11.3. The molecule has 14 nitrogen and oxygen atoms in total. The molecule has 0 saturated heterocycles. The summed E-state index contributed by atoms with van der Waals surface area (Å²) in [7, 11) is 0. The molecule has 1 amide bonds. The molecule has 0 atom stereocenters. The number of carboxylic acid groups (broad SMARTS) is 5. The Labute approximate surface area is 191 Å². The molecule has 0 aromatic carbocycles. The second-order valence-electron chi connectivity index (χ2n) is 7.02. The molecule has 180 valence electrons. The summed E-state index contributed by atoms with van der Waals surface area (Å²) in [5.41, 5.74) is 0.200. The largest absolute Gasteiger partial charge is 0.480 e. The van der Waals surface area contributed by atoms with Gasteiger partial charge in [-0.25, -0.2) is 19.6 Å². The molecule has 0 spiro atoms. The van der Waals surface area contributed by atoms with E-state index in [9.17, 15) is 34.2 Å². The number of aliphatic carboxylic acids is 3. The highest BCUT2D eigenvalue weighted by Crippen LogP contribution is 2.20. The van der Waals surface area contributed by atoms with Crippen LogP contribution >= 0.6 is 0 Å². The van der Waals surface area contributed by atoms with Gasteiger partial charge in [-0.15, -0.1) is 0 Å². The second-order valence-corrected chi connectivity index (χ2v) is 7.02. The molecule has 0 unspecified atom stereocenters. The van der Waals surface area contributed by atoms with Crippen molar-refractivity contribution in [2.24, 2.45) is 0 Å². The molecule has 5 N–H and O–H groups in total. The van der Waals surface area contributed by atoms with Gasteiger partial charge in [0.05, 0.1) is 48.0 Å². The van der Waals surface area contributed by atoms with Crippen LogP contribution in [0.15, 0.2) is 30.3 Å². The standard InChI is InChI=1S/C20H20N4O10/c25-16(26)8-23(9-17(27)28)6-12-2-1-3-14(21-12)15-5-11(19(31)32)4-13(22-15)7-24(20(33)34)10-18(29)30/h1-5H,6-10H2,(H,25,26)(H,27,28)(H,29,30)(H,31,32)(H,33,34). The molecule has 2 aromatic heterocycles. The number of hydrogen-bond acceptors (Lipinski definition) is 8. The highest BCUT2D eigenvalue weighted by Gasteiger charge is 2.20. The molecule has 0 aliphatic carbocycles. The topological polar surface area (TPSA) is 219 Å². The third-order valence-corrected chi connectivity index (χ3v) is 4.25. The van der Waals surface area contributed by atoms with Crippen LogP contribution in [0.3, 0.4) is 0 Å². The molecular weight excluding hydrogens is 456 g/mol. The van der Waals surface area contributed by atoms with Crippen LogP contribution in [0, 0.1) is 0 Å². The van der Waals surface area contributed by atoms with Crippen molar-refractivity contribution in [1.82, 2.24) is 19.8 Å². The molecule has 0 radical (unpaired) electrons. The first-order chi connectivity index (χ1) is 15.9. The van der Waals surface area contributed by atoms with Gasteiger partial charge < -0.3 is 25.5 Å². The fraction of sp³-hybridized carbons (Fsp3) is 0.250. The van der Waals surface area contributed by atoms with Crippen molar-refractivity contribution in [3.63, 3.8) is 0 Å². The maximum atomic E-state index is 11.6. The lowest BCUT2D eigenvalue weighted by Gasteiger charge is -2.18. The monoisotopic (exact) mass is 476 g/mol. The first-order valence-electron chi connectivity index (χ1n) is 9.50. The van der Waals surface area contributed by atoms with E-state index >= 15 is 0 Å². The van der Waals surface area contributed by atoms with Gasteiger partial charge in [-0.3, -0.25) is 24.2 Å². The van der Waals surface area contributed by atoms with Crippen molar-refractivity contribution < 1.29 is 49.5 Å². The van der Waals surface area contributed by atoms with E-state index in [4.69, 9.17) is 15.3 Å². The van der Waals surface area contributed by atoms with Gasteiger partial charge in [-0.05, 0) is 24.3 Å². The molecule has 0 saturated carbocycles. The van der Waals surface area contributed by atoms with Gasteiger partial charge in [0.25, 0.3) is 0 Å². The predicted octanol–water partition coefficient (Wildman–Crippen LogP) is 0.378. The van der Waals surface area contributed by atoms with Crippen molar-refractivity contribution in [2.75, 3.05) is 19.6 Å². The van der Waals surface area contributed by atoms with Crippen LogP contribution in [0.4, 0.5) is 4.79 Å². The molecule has 2 aromatic rings. The van der Waals surface area contributed by atoms with Crippen LogP contribution in [0.1, 0.15) is 21.7 Å². The third-order valence-electron chi connectivity index (χ3n) is 4.25. The summed E-state index contributed by atoms with van der Waals surface area (Å²) < 4.78 is 0.